The number of nitrogens with zero attached hydrogens (tertiary/aromatic N) is 4. The molecule has 0 amide bonds. The molecule has 33 heavy (non-hydrogen) atoms. The summed E-state index contributed by atoms with van der Waals surface area (Å²) in [5.74, 6) is 0.269. The minimum Gasteiger partial charge on any atom is -0.494 e. The second-order valence-corrected chi connectivity index (χ2v) is 6.91. The summed E-state index contributed by atoms with van der Waals surface area (Å²) in [5, 5.41) is 13.3. The van der Waals surface area contributed by atoms with Crippen molar-refractivity contribution in [3.8, 4) is 22.9 Å². The van der Waals surface area contributed by atoms with Crippen molar-refractivity contribution in [3.05, 3.63) is 68.8 Å². The average molecular weight is 452 g/mol. The molecule has 0 saturated carbocycles. The van der Waals surface area contributed by atoms with Crippen molar-refractivity contribution < 1.29 is 24.1 Å². The molecular formula is C23H24N4O6. The number of carbonyl (C=O) groups is 1. The molecule has 0 aliphatic heterocycles. The molecule has 0 saturated heterocycles. The maximum Gasteiger partial charge on any atom is 0.341 e. The Morgan fingerprint density at radius 2 is 1.76 bits per heavy atom. The fraction of sp³-hybridized carbons (Fsp3) is 0.304. The van der Waals surface area contributed by atoms with Crippen molar-refractivity contribution in [3.63, 3.8) is 0 Å². The first-order valence-corrected chi connectivity index (χ1v) is 10.5. The van der Waals surface area contributed by atoms with E-state index in [0.29, 0.717) is 61.2 Å². The topological polar surface area (TPSA) is 136 Å². The Kier molecular flexibility index (Phi) is 7.77. The molecule has 1 aromatic heterocycles. The van der Waals surface area contributed by atoms with E-state index >= 15 is 0 Å². The van der Waals surface area contributed by atoms with Gasteiger partial charge in [0.25, 0.3) is 0 Å². The maximum atomic E-state index is 12.8. The predicted octanol–water partition coefficient (Wildman–Crippen LogP) is 4.57. The maximum absolute atomic E-state index is 12.8. The lowest BCUT2D eigenvalue weighted by Crippen LogP contribution is -2.18. The fourth-order valence-corrected chi connectivity index (χ4v) is 3.33. The van der Waals surface area contributed by atoms with Gasteiger partial charge in [0.1, 0.15) is 22.8 Å². The number of carboxylic acids is 1. The monoisotopic (exact) mass is 452 g/mol. The lowest BCUT2D eigenvalue weighted by molar-refractivity contribution is 0.0695. The second-order valence-electron chi connectivity index (χ2n) is 6.91. The Hall–Kier alpha value is -4.17. The number of hydrogen-bond donors (Lipinski definition) is 1. The molecule has 0 spiro atoms. The molecule has 0 unspecified atom stereocenters. The van der Waals surface area contributed by atoms with Gasteiger partial charge in [0.15, 0.2) is 0 Å². The number of carboxylic acid groups (broad SMARTS) is 1. The highest BCUT2D eigenvalue weighted by Crippen LogP contribution is 2.29. The van der Waals surface area contributed by atoms with Gasteiger partial charge in [-0.25, -0.2) is 4.79 Å². The van der Waals surface area contributed by atoms with Crippen molar-refractivity contribution in [2.75, 3.05) is 26.4 Å². The van der Waals surface area contributed by atoms with Crippen molar-refractivity contribution in [1.82, 2.24) is 4.57 Å². The Morgan fingerprint density at radius 1 is 1.06 bits per heavy atom. The molecule has 172 valence electrons. The lowest BCUT2D eigenvalue weighted by Gasteiger charge is -2.16. The standard InChI is InChI=1S/C23H24N4O6/c1-3-31-17-10-15(11-18(12-17)32-4-2)27-14-20(23(29)30)22(28)19-7-6-16(13-21(19)27)33-9-5-8-25-26-24/h6-7,10-14H,3-5,8-9H2,1-2H3,(H,29,30). The van der Waals surface area contributed by atoms with Crippen molar-refractivity contribution in [2.24, 2.45) is 5.11 Å². The normalized spacial score (nSPS) is 10.5. The first kappa shape index (κ1) is 23.5. The Labute approximate surface area is 189 Å². The first-order valence-electron chi connectivity index (χ1n) is 10.5. The van der Waals surface area contributed by atoms with Crippen LogP contribution in [-0.2, 0) is 0 Å². The minimum absolute atomic E-state index is 0.233. The summed E-state index contributed by atoms with van der Waals surface area (Å²) >= 11 is 0. The third-order valence-corrected chi connectivity index (χ3v) is 4.71. The van der Waals surface area contributed by atoms with E-state index in [2.05, 4.69) is 10.0 Å². The van der Waals surface area contributed by atoms with Gasteiger partial charge in [0.05, 0.1) is 31.0 Å². The summed E-state index contributed by atoms with van der Waals surface area (Å²) in [6.07, 6.45) is 1.82. The summed E-state index contributed by atoms with van der Waals surface area (Å²) in [6.45, 7) is 5.21. The SMILES string of the molecule is CCOc1cc(OCC)cc(-n2cc(C(=O)O)c(=O)c3ccc(OCCCN=[N+]=[N-])cc32)c1. The van der Waals surface area contributed by atoms with Crippen LogP contribution >= 0.6 is 0 Å². The molecule has 1 heterocycles. The van der Waals surface area contributed by atoms with Crippen LogP contribution < -0.4 is 19.6 Å². The highest BCUT2D eigenvalue weighted by Gasteiger charge is 2.17. The van der Waals surface area contributed by atoms with Crippen LogP contribution in [0.3, 0.4) is 0 Å². The molecule has 10 heteroatoms. The molecule has 10 nitrogen and oxygen atoms in total. The Bertz CT molecular complexity index is 1240. The van der Waals surface area contributed by atoms with Crippen LogP contribution in [0.25, 0.3) is 27.0 Å². The molecule has 0 bridgehead atoms. The number of rotatable bonds is 11. The van der Waals surface area contributed by atoms with E-state index in [4.69, 9.17) is 19.7 Å². The molecule has 2 aromatic carbocycles. The van der Waals surface area contributed by atoms with Gasteiger partial charge < -0.3 is 23.9 Å². The largest absolute Gasteiger partial charge is 0.494 e. The van der Waals surface area contributed by atoms with Crippen molar-refractivity contribution in [2.45, 2.75) is 20.3 Å². The van der Waals surface area contributed by atoms with Gasteiger partial charge >= 0.3 is 5.97 Å². The lowest BCUT2D eigenvalue weighted by atomic mass is 10.1. The number of aromatic carboxylic acids is 1. The summed E-state index contributed by atoms with van der Waals surface area (Å²) in [4.78, 5) is 27.3. The average Bonchev–Trinajstić information content (AvgIpc) is 2.79. The number of aromatic nitrogens is 1. The third-order valence-electron chi connectivity index (χ3n) is 4.71. The van der Waals surface area contributed by atoms with Gasteiger partial charge in [-0.05, 0) is 37.9 Å². The summed E-state index contributed by atoms with van der Waals surface area (Å²) in [6, 6.07) is 10.1. The van der Waals surface area contributed by atoms with Crippen LogP contribution in [0.4, 0.5) is 0 Å². The quantitative estimate of drug-likeness (QED) is 0.196. The van der Waals surface area contributed by atoms with Crippen molar-refractivity contribution in [1.29, 1.82) is 0 Å². The molecule has 0 atom stereocenters. The molecule has 3 rings (SSSR count). The smallest absolute Gasteiger partial charge is 0.341 e. The van der Waals surface area contributed by atoms with Crippen LogP contribution in [0.5, 0.6) is 17.2 Å². The van der Waals surface area contributed by atoms with Crippen LogP contribution in [0.2, 0.25) is 0 Å². The van der Waals surface area contributed by atoms with Gasteiger partial charge in [-0.3, -0.25) is 4.79 Å². The summed E-state index contributed by atoms with van der Waals surface area (Å²) in [7, 11) is 0. The third kappa shape index (κ3) is 5.55. The number of benzene rings is 2. The van der Waals surface area contributed by atoms with Crippen LogP contribution in [0.1, 0.15) is 30.6 Å². The molecule has 0 radical (unpaired) electrons. The number of ether oxygens (including phenoxy) is 3. The van der Waals surface area contributed by atoms with Crippen molar-refractivity contribution >= 4 is 16.9 Å². The van der Waals surface area contributed by atoms with Gasteiger partial charge in [0.2, 0.25) is 5.43 Å². The number of pyridine rings is 1. The van der Waals surface area contributed by atoms with Crippen LogP contribution in [0.15, 0.2) is 52.5 Å². The number of hydrogen-bond acceptors (Lipinski definition) is 6. The van der Waals surface area contributed by atoms with E-state index in [-0.39, 0.29) is 10.9 Å². The predicted molar refractivity (Wildman–Crippen MR) is 123 cm³/mol. The van der Waals surface area contributed by atoms with E-state index < -0.39 is 11.4 Å². The summed E-state index contributed by atoms with van der Waals surface area (Å²) in [5.41, 5.74) is 8.45. The molecule has 1 N–H and O–H groups in total. The summed E-state index contributed by atoms with van der Waals surface area (Å²) < 4.78 is 18.6. The Morgan fingerprint density at radius 3 is 2.36 bits per heavy atom. The van der Waals surface area contributed by atoms with Gasteiger partial charge in [0, 0.05) is 47.3 Å². The second kappa shape index (κ2) is 10.9. The zero-order valence-electron chi connectivity index (χ0n) is 18.4. The fourth-order valence-electron chi connectivity index (χ4n) is 3.33. The zero-order valence-corrected chi connectivity index (χ0v) is 18.4. The number of fused-ring (bicyclic) bond motifs is 1. The molecule has 3 aromatic rings. The van der Waals surface area contributed by atoms with E-state index in [9.17, 15) is 14.7 Å². The van der Waals surface area contributed by atoms with Gasteiger partial charge in [-0.15, -0.1) is 0 Å². The van der Waals surface area contributed by atoms with Gasteiger partial charge in [-0.2, -0.15) is 0 Å². The van der Waals surface area contributed by atoms with Crippen LogP contribution in [-0.4, -0.2) is 42.0 Å². The van der Waals surface area contributed by atoms with E-state index in [1.165, 1.54) is 6.20 Å². The van der Waals surface area contributed by atoms with E-state index in [1.807, 2.05) is 13.8 Å². The molecule has 0 aliphatic rings. The first-order chi connectivity index (χ1) is 16.0. The molecular weight excluding hydrogens is 428 g/mol. The van der Waals surface area contributed by atoms with Crippen LogP contribution in [0, 0.1) is 0 Å². The van der Waals surface area contributed by atoms with Gasteiger partial charge in [-0.1, -0.05) is 5.11 Å². The molecule has 0 aliphatic carbocycles. The highest BCUT2D eigenvalue weighted by molar-refractivity contribution is 5.93. The number of azide groups is 1. The van der Waals surface area contributed by atoms with E-state index in [0.717, 1.165) is 0 Å². The molecule has 0 fully saturated rings. The minimum atomic E-state index is -1.32. The zero-order chi connectivity index (χ0) is 23.8. The highest BCUT2D eigenvalue weighted by atomic mass is 16.5. The Balaban J connectivity index is 2.16. The van der Waals surface area contributed by atoms with E-state index in [1.54, 1.807) is 41.0 Å².